The lowest BCUT2D eigenvalue weighted by atomic mass is 9.81. The van der Waals surface area contributed by atoms with E-state index in [4.69, 9.17) is 4.74 Å². The Morgan fingerprint density at radius 1 is 0.633 bits per heavy atom. The third kappa shape index (κ3) is 7.88. The first-order chi connectivity index (χ1) is 24.0. The Hall–Kier alpha value is -5.74. The molecule has 1 atom stereocenters. The van der Waals surface area contributed by atoms with Gasteiger partial charge < -0.3 is 4.74 Å². The monoisotopic (exact) mass is 642 g/mol. The van der Waals surface area contributed by atoms with Crippen molar-refractivity contribution in [1.29, 1.82) is 0 Å². The van der Waals surface area contributed by atoms with Crippen molar-refractivity contribution in [2.24, 2.45) is 0 Å². The molecule has 7 aromatic rings. The minimum Gasteiger partial charge on any atom is -0.454 e. The van der Waals surface area contributed by atoms with Gasteiger partial charge in [0.05, 0.1) is 5.69 Å². The van der Waals surface area contributed by atoms with E-state index in [0.717, 1.165) is 30.5 Å². The molecule has 0 saturated carbocycles. The normalized spacial score (nSPS) is 11.7. The van der Waals surface area contributed by atoms with Crippen LogP contribution in [0, 0.1) is 19.7 Å². The molecule has 0 fully saturated rings. The van der Waals surface area contributed by atoms with Crippen LogP contribution in [-0.4, -0.2) is 9.78 Å². The minimum atomic E-state index is -0.376. The van der Waals surface area contributed by atoms with Crippen molar-refractivity contribution in [3.05, 3.63) is 203 Å². The number of ether oxygens (including phenoxy) is 1. The molecule has 0 aliphatic carbocycles. The molecule has 0 N–H and O–H groups in total. The fourth-order valence-corrected chi connectivity index (χ4v) is 6.82. The van der Waals surface area contributed by atoms with E-state index in [0.29, 0.717) is 5.75 Å². The van der Waals surface area contributed by atoms with E-state index in [2.05, 4.69) is 116 Å². The molecule has 0 aliphatic heterocycles. The molecule has 0 bridgehead atoms. The van der Waals surface area contributed by atoms with Gasteiger partial charge in [0.25, 0.3) is 0 Å². The van der Waals surface area contributed by atoms with Crippen molar-refractivity contribution >= 4 is 0 Å². The summed E-state index contributed by atoms with van der Waals surface area (Å²) >= 11 is 0. The summed E-state index contributed by atoms with van der Waals surface area (Å²) in [6.07, 6.45) is 6.23. The summed E-state index contributed by atoms with van der Waals surface area (Å²) in [5.74, 6) is 0.643. The second kappa shape index (κ2) is 14.6. The molecular formula is C45H39FN2O. The lowest BCUT2D eigenvalue weighted by Crippen LogP contribution is -2.11. The van der Waals surface area contributed by atoms with Crippen molar-refractivity contribution in [3.8, 4) is 28.3 Å². The Morgan fingerprint density at radius 3 is 2.14 bits per heavy atom. The van der Waals surface area contributed by atoms with Crippen LogP contribution in [0.3, 0.4) is 0 Å². The van der Waals surface area contributed by atoms with Crippen molar-refractivity contribution in [2.45, 2.75) is 39.0 Å². The predicted molar refractivity (Wildman–Crippen MR) is 197 cm³/mol. The molecule has 7 rings (SSSR count). The molecule has 0 radical (unpaired) electrons. The van der Waals surface area contributed by atoms with Crippen LogP contribution < -0.4 is 4.74 Å². The quantitative estimate of drug-likeness (QED) is 0.140. The average molecular weight is 643 g/mol. The van der Waals surface area contributed by atoms with Crippen molar-refractivity contribution in [2.75, 3.05) is 0 Å². The van der Waals surface area contributed by atoms with Crippen LogP contribution in [-0.2, 0) is 19.3 Å². The van der Waals surface area contributed by atoms with E-state index in [9.17, 15) is 4.39 Å². The molecule has 3 nitrogen and oxygen atoms in total. The molecule has 1 aromatic heterocycles. The predicted octanol–water partition coefficient (Wildman–Crippen LogP) is 11.2. The summed E-state index contributed by atoms with van der Waals surface area (Å²) in [4.78, 5) is 0. The minimum absolute atomic E-state index is 0.171. The molecule has 242 valence electrons. The number of halogens is 1. The first-order valence-electron chi connectivity index (χ1n) is 16.8. The van der Waals surface area contributed by atoms with Gasteiger partial charge in [-0.25, -0.2) is 9.07 Å². The first kappa shape index (κ1) is 31.8. The van der Waals surface area contributed by atoms with E-state index in [1.54, 1.807) is 24.4 Å². The molecule has 4 heteroatoms. The fraction of sp³-hybridized carbons (Fsp3) is 0.133. The second-order valence-electron chi connectivity index (χ2n) is 12.9. The Balaban J connectivity index is 1.28. The van der Waals surface area contributed by atoms with Gasteiger partial charge in [0, 0.05) is 12.4 Å². The van der Waals surface area contributed by atoms with E-state index in [1.807, 2.05) is 35.1 Å². The molecule has 1 unspecified atom stereocenters. The van der Waals surface area contributed by atoms with Gasteiger partial charge >= 0.3 is 0 Å². The maximum Gasteiger partial charge on any atom is 0.165 e. The summed E-state index contributed by atoms with van der Waals surface area (Å²) < 4.78 is 22.4. The molecule has 0 spiro atoms. The number of aromatic nitrogens is 2. The van der Waals surface area contributed by atoms with E-state index >= 15 is 0 Å². The number of hydrogen-bond donors (Lipinski definition) is 0. The highest BCUT2D eigenvalue weighted by molar-refractivity contribution is 5.65. The smallest absolute Gasteiger partial charge is 0.165 e. The van der Waals surface area contributed by atoms with Gasteiger partial charge in [-0.2, -0.15) is 5.10 Å². The highest BCUT2D eigenvalue weighted by Crippen LogP contribution is 2.34. The molecule has 49 heavy (non-hydrogen) atoms. The van der Waals surface area contributed by atoms with Crippen LogP contribution in [0.5, 0.6) is 11.5 Å². The number of benzene rings is 6. The molecule has 0 saturated heterocycles. The molecule has 6 aromatic carbocycles. The highest BCUT2D eigenvalue weighted by Gasteiger charge is 2.20. The third-order valence-electron chi connectivity index (χ3n) is 9.00. The topological polar surface area (TPSA) is 27.1 Å². The van der Waals surface area contributed by atoms with E-state index in [1.165, 1.54) is 50.6 Å². The van der Waals surface area contributed by atoms with Gasteiger partial charge in [-0.1, -0.05) is 114 Å². The zero-order valence-electron chi connectivity index (χ0n) is 27.9. The Bertz CT molecular complexity index is 2130. The lowest BCUT2D eigenvalue weighted by molar-refractivity contribution is 0.441. The molecular weight excluding hydrogens is 604 g/mol. The van der Waals surface area contributed by atoms with Crippen LogP contribution in [0.15, 0.2) is 158 Å². The van der Waals surface area contributed by atoms with Gasteiger partial charge in [-0.3, -0.25) is 0 Å². The van der Waals surface area contributed by atoms with E-state index < -0.39 is 0 Å². The summed E-state index contributed by atoms with van der Waals surface area (Å²) in [5, 5.41) is 4.40. The third-order valence-corrected chi connectivity index (χ3v) is 9.00. The summed E-state index contributed by atoms with van der Waals surface area (Å²) in [5.41, 5.74) is 12.4. The number of para-hydroxylation sites is 1. The van der Waals surface area contributed by atoms with Crippen LogP contribution in [0.2, 0.25) is 0 Å². The first-order valence-corrected chi connectivity index (χ1v) is 16.8. The summed E-state index contributed by atoms with van der Waals surface area (Å²) in [6, 6.07) is 49.7. The maximum atomic E-state index is 14.5. The zero-order valence-corrected chi connectivity index (χ0v) is 27.9. The summed E-state index contributed by atoms with van der Waals surface area (Å²) in [7, 11) is 0. The van der Waals surface area contributed by atoms with Crippen LogP contribution in [0.4, 0.5) is 4.39 Å². The van der Waals surface area contributed by atoms with Gasteiger partial charge in [-0.15, -0.1) is 0 Å². The van der Waals surface area contributed by atoms with Crippen molar-refractivity contribution < 1.29 is 9.13 Å². The van der Waals surface area contributed by atoms with Gasteiger partial charge in [0.15, 0.2) is 11.6 Å². The average Bonchev–Trinajstić information content (AvgIpc) is 3.65. The number of rotatable bonds is 11. The maximum absolute atomic E-state index is 14.5. The van der Waals surface area contributed by atoms with Crippen molar-refractivity contribution in [1.82, 2.24) is 9.78 Å². The SMILES string of the molecule is Cc1cc(C)cc(Cc2cc(-c3ccccc3)ccc2C(Cc2ccc(-n3cccn3)cc2)Cc2cccc(Oc3ccccc3F)c2)c1. The number of aryl methyl sites for hydroxylation is 2. The fourth-order valence-electron chi connectivity index (χ4n) is 6.82. The standard InChI is InChI=1S/C45H39FN2O/c1-32-24-33(2)26-36(25-32)29-40-31-38(37-11-4-3-5-12-37)18-21-43(40)39(27-34-16-19-41(20-17-34)48-23-9-22-47-48)28-35-10-8-13-42(30-35)49-45-15-7-6-14-44(45)46/h3-26,30-31,39H,27-29H2,1-2H3. The summed E-state index contributed by atoms with van der Waals surface area (Å²) in [6.45, 7) is 4.34. The zero-order chi connectivity index (χ0) is 33.6. The Labute approximate surface area is 288 Å². The van der Waals surface area contributed by atoms with Gasteiger partial charge in [-0.05, 0) is 120 Å². The van der Waals surface area contributed by atoms with Gasteiger partial charge in [0.2, 0.25) is 0 Å². The Kier molecular flexibility index (Phi) is 9.47. The number of nitrogens with zero attached hydrogens (tertiary/aromatic N) is 2. The largest absolute Gasteiger partial charge is 0.454 e. The second-order valence-corrected chi connectivity index (χ2v) is 12.9. The van der Waals surface area contributed by atoms with Crippen molar-refractivity contribution in [3.63, 3.8) is 0 Å². The van der Waals surface area contributed by atoms with Gasteiger partial charge in [0.1, 0.15) is 5.75 Å². The number of hydrogen-bond acceptors (Lipinski definition) is 2. The highest BCUT2D eigenvalue weighted by atomic mass is 19.1. The van der Waals surface area contributed by atoms with Crippen LogP contribution in [0.1, 0.15) is 44.9 Å². The van der Waals surface area contributed by atoms with Crippen LogP contribution >= 0.6 is 0 Å². The Morgan fingerprint density at radius 2 is 1.39 bits per heavy atom. The molecule has 0 aliphatic rings. The van der Waals surface area contributed by atoms with E-state index in [-0.39, 0.29) is 17.5 Å². The lowest BCUT2D eigenvalue weighted by Gasteiger charge is -2.23. The van der Waals surface area contributed by atoms with Crippen LogP contribution in [0.25, 0.3) is 16.8 Å². The molecule has 0 amide bonds. The molecule has 1 heterocycles.